The SMILES string of the molecule is CCOC1CC(NC(=O)C2CCC(CN)O2)C1. The van der Waals surface area contributed by atoms with Crippen molar-refractivity contribution in [2.24, 2.45) is 5.73 Å². The van der Waals surface area contributed by atoms with Crippen LogP contribution >= 0.6 is 0 Å². The van der Waals surface area contributed by atoms with Gasteiger partial charge >= 0.3 is 0 Å². The Bertz CT molecular complexity index is 266. The maximum atomic E-state index is 11.9. The van der Waals surface area contributed by atoms with Crippen molar-refractivity contribution < 1.29 is 14.3 Å². The number of ether oxygens (including phenoxy) is 2. The monoisotopic (exact) mass is 242 g/mol. The lowest BCUT2D eigenvalue weighted by atomic mass is 9.89. The second-order valence-corrected chi connectivity index (χ2v) is 4.81. The normalized spacial score (nSPS) is 36.6. The molecule has 2 aliphatic rings. The summed E-state index contributed by atoms with van der Waals surface area (Å²) in [7, 11) is 0. The molecule has 0 aromatic heterocycles. The van der Waals surface area contributed by atoms with E-state index in [-0.39, 0.29) is 24.2 Å². The highest BCUT2D eigenvalue weighted by Crippen LogP contribution is 2.25. The molecule has 1 saturated carbocycles. The molecule has 1 amide bonds. The van der Waals surface area contributed by atoms with Crippen LogP contribution in [0, 0.1) is 0 Å². The van der Waals surface area contributed by atoms with Gasteiger partial charge in [-0.2, -0.15) is 0 Å². The second-order valence-electron chi connectivity index (χ2n) is 4.81. The molecule has 5 nitrogen and oxygen atoms in total. The van der Waals surface area contributed by atoms with Crippen LogP contribution in [0.25, 0.3) is 0 Å². The third-order valence-corrected chi connectivity index (χ3v) is 3.51. The van der Waals surface area contributed by atoms with Crippen molar-refractivity contribution in [3.8, 4) is 0 Å². The summed E-state index contributed by atoms with van der Waals surface area (Å²) in [6, 6.07) is 0.263. The number of amides is 1. The van der Waals surface area contributed by atoms with Crippen LogP contribution in [0.4, 0.5) is 0 Å². The highest BCUT2D eigenvalue weighted by Gasteiger charge is 2.35. The minimum Gasteiger partial charge on any atom is -0.378 e. The van der Waals surface area contributed by atoms with E-state index in [9.17, 15) is 4.79 Å². The Morgan fingerprint density at radius 1 is 1.47 bits per heavy atom. The fourth-order valence-electron chi connectivity index (χ4n) is 2.42. The first-order valence-electron chi connectivity index (χ1n) is 6.50. The molecule has 2 fully saturated rings. The first kappa shape index (κ1) is 12.8. The van der Waals surface area contributed by atoms with Gasteiger partial charge in [0.15, 0.2) is 0 Å². The maximum absolute atomic E-state index is 11.9. The zero-order valence-corrected chi connectivity index (χ0v) is 10.4. The molecule has 2 unspecified atom stereocenters. The van der Waals surface area contributed by atoms with E-state index >= 15 is 0 Å². The van der Waals surface area contributed by atoms with Gasteiger partial charge in [0.25, 0.3) is 0 Å². The van der Waals surface area contributed by atoms with Gasteiger partial charge in [-0.05, 0) is 32.6 Å². The summed E-state index contributed by atoms with van der Waals surface area (Å²) in [4.78, 5) is 11.9. The minimum absolute atomic E-state index is 0.0147. The molecule has 1 aliphatic carbocycles. The number of nitrogens with one attached hydrogen (secondary N) is 1. The molecule has 0 aromatic carbocycles. The van der Waals surface area contributed by atoms with Gasteiger partial charge in [-0.15, -0.1) is 0 Å². The Balaban J connectivity index is 1.65. The maximum Gasteiger partial charge on any atom is 0.249 e. The number of hydrogen-bond donors (Lipinski definition) is 2. The van der Waals surface area contributed by atoms with Gasteiger partial charge < -0.3 is 20.5 Å². The molecule has 3 N–H and O–H groups in total. The zero-order chi connectivity index (χ0) is 12.3. The van der Waals surface area contributed by atoms with Crippen LogP contribution in [0.5, 0.6) is 0 Å². The molecule has 0 radical (unpaired) electrons. The van der Waals surface area contributed by atoms with Gasteiger partial charge in [0.05, 0.1) is 12.2 Å². The van der Waals surface area contributed by atoms with E-state index in [1.807, 2.05) is 6.92 Å². The molecular formula is C12H22N2O3. The predicted octanol–water partition coefficient (Wildman–Crippen LogP) is 0.176. The second kappa shape index (κ2) is 5.80. The van der Waals surface area contributed by atoms with Crippen LogP contribution in [0.15, 0.2) is 0 Å². The number of carbonyl (C=O) groups is 1. The molecule has 98 valence electrons. The Morgan fingerprint density at radius 3 is 2.82 bits per heavy atom. The predicted molar refractivity (Wildman–Crippen MR) is 63.5 cm³/mol. The van der Waals surface area contributed by atoms with Crippen LogP contribution < -0.4 is 11.1 Å². The van der Waals surface area contributed by atoms with Gasteiger partial charge in [-0.25, -0.2) is 0 Å². The molecule has 1 aliphatic heterocycles. The Labute approximate surface area is 102 Å². The van der Waals surface area contributed by atoms with Crippen molar-refractivity contribution in [2.45, 2.75) is 57.0 Å². The lowest BCUT2D eigenvalue weighted by Crippen LogP contribution is -2.50. The van der Waals surface area contributed by atoms with Crippen LogP contribution in [0.1, 0.15) is 32.6 Å². The van der Waals surface area contributed by atoms with Crippen molar-refractivity contribution in [2.75, 3.05) is 13.2 Å². The number of rotatable bonds is 5. The van der Waals surface area contributed by atoms with Gasteiger partial charge in [-0.3, -0.25) is 4.79 Å². The van der Waals surface area contributed by atoms with Crippen LogP contribution in [0.3, 0.4) is 0 Å². The smallest absolute Gasteiger partial charge is 0.249 e. The van der Waals surface area contributed by atoms with E-state index in [1.54, 1.807) is 0 Å². The molecule has 1 heterocycles. The summed E-state index contributed by atoms with van der Waals surface area (Å²) < 4.78 is 11.0. The Morgan fingerprint density at radius 2 is 2.24 bits per heavy atom. The molecule has 5 heteroatoms. The Kier molecular flexibility index (Phi) is 4.36. The number of hydrogen-bond acceptors (Lipinski definition) is 4. The molecule has 2 atom stereocenters. The average Bonchev–Trinajstić information content (AvgIpc) is 2.74. The summed E-state index contributed by atoms with van der Waals surface area (Å²) >= 11 is 0. The third-order valence-electron chi connectivity index (χ3n) is 3.51. The lowest BCUT2D eigenvalue weighted by Gasteiger charge is -2.35. The molecule has 0 aromatic rings. The fourth-order valence-corrected chi connectivity index (χ4v) is 2.42. The van der Waals surface area contributed by atoms with Crippen molar-refractivity contribution in [3.63, 3.8) is 0 Å². The quantitative estimate of drug-likeness (QED) is 0.721. The van der Waals surface area contributed by atoms with Gasteiger partial charge in [0, 0.05) is 19.2 Å². The van der Waals surface area contributed by atoms with Gasteiger partial charge in [0.2, 0.25) is 5.91 Å². The van der Waals surface area contributed by atoms with Crippen molar-refractivity contribution in [1.29, 1.82) is 0 Å². The lowest BCUT2D eigenvalue weighted by molar-refractivity contribution is -0.134. The summed E-state index contributed by atoms with van der Waals surface area (Å²) in [6.45, 7) is 3.24. The van der Waals surface area contributed by atoms with Crippen LogP contribution in [-0.2, 0) is 14.3 Å². The van der Waals surface area contributed by atoms with Crippen LogP contribution in [-0.4, -0.2) is 43.4 Å². The number of nitrogens with two attached hydrogens (primary N) is 1. The molecule has 17 heavy (non-hydrogen) atoms. The standard InChI is InChI=1S/C12H22N2O3/c1-2-16-10-5-8(6-10)14-12(15)11-4-3-9(7-13)17-11/h8-11H,2-7,13H2,1H3,(H,14,15). The van der Waals surface area contributed by atoms with Gasteiger partial charge in [-0.1, -0.05) is 0 Å². The summed E-state index contributed by atoms with van der Waals surface area (Å²) in [6.07, 6.45) is 3.61. The van der Waals surface area contributed by atoms with Crippen molar-refractivity contribution in [3.05, 3.63) is 0 Å². The first-order valence-corrected chi connectivity index (χ1v) is 6.50. The molecule has 1 saturated heterocycles. The fraction of sp³-hybridized carbons (Fsp3) is 0.917. The highest BCUT2D eigenvalue weighted by atomic mass is 16.5. The Hall–Kier alpha value is -0.650. The van der Waals surface area contributed by atoms with E-state index in [1.165, 1.54) is 0 Å². The number of carbonyl (C=O) groups excluding carboxylic acids is 1. The van der Waals surface area contributed by atoms with E-state index in [0.29, 0.717) is 12.6 Å². The molecule has 0 spiro atoms. The van der Waals surface area contributed by atoms with Crippen LogP contribution in [0.2, 0.25) is 0 Å². The topological polar surface area (TPSA) is 73.6 Å². The van der Waals surface area contributed by atoms with E-state index in [2.05, 4.69) is 5.32 Å². The molecule has 0 bridgehead atoms. The van der Waals surface area contributed by atoms with E-state index in [0.717, 1.165) is 32.3 Å². The van der Waals surface area contributed by atoms with Crippen molar-refractivity contribution >= 4 is 5.91 Å². The summed E-state index contributed by atoms with van der Waals surface area (Å²) in [5.74, 6) is 0.0147. The first-order chi connectivity index (χ1) is 8.22. The van der Waals surface area contributed by atoms with Crippen molar-refractivity contribution in [1.82, 2.24) is 5.32 Å². The summed E-state index contributed by atoms with van der Waals surface area (Å²) in [5.41, 5.74) is 5.51. The van der Waals surface area contributed by atoms with E-state index in [4.69, 9.17) is 15.2 Å². The minimum atomic E-state index is -0.297. The summed E-state index contributed by atoms with van der Waals surface area (Å²) in [5, 5.41) is 3.01. The largest absolute Gasteiger partial charge is 0.378 e. The third kappa shape index (κ3) is 3.18. The zero-order valence-electron chi connectivity index (χ0n) is 10.4. The van der Waals surface area contributed by atoms with Gasteiger partial charge in [0.1, 0.15) is 6.10 Å². The highest BCUT2D eigenvalue weighted by molar-refractivity contribution is 5.81. The average molecular weight is 242 g/mol. The molecular weight excluding hydrogens is 220 g/mol. The van der Waals surface area contributed by atoms with E-state index < -0.39 is 0 Å². The molecule has 2 rings (SSSR count).